The van der Waals surface area contributed by atoms with E-state index >= 15 is 0 Å². The van der Waals surface area contributed by atoms with Crippen molar-refractivity contribution in [3.05, 3.63) is 53.6 Å². The second-order valence-electron chi connectivity index (χ2n) is 3.92. The summed E-state index contributed by atoms with van der Waals surface area (Å²) in [4.78, 5) is 8.15. The fourth-order valence-electron chi connectivity index (χ4n) is 1.52. The zero-order valence-electron chi connectivity index (χ0n) is 10.4. The van der Waals surface area contributed by atoms with Crippen LogP contribution in [0, 0.1) is 6.92 Å². The Morgan fingerprint density at radius 2 is 2.11 bits per heavy atom. The first-order valence-corrected chi connectivity index (χ1v) is 5.68. The van der Waals surface area contributed by atoms with Gasteiger partial charge in [-0.25, -0.2) is 9.97 Å². The van der Waals surface area contributed by atoms with Gasteiger partial charge in [-0.1, -0.05) is 17.3 Å². The van der Waals surface area contributed by atoms with Gasteiger partial charge in [0.25, 0.3) is 0 Å². The molecule has 0 aliphatic rings. The van der Waals surface area contributed by atoms with Crippen molar-refractivity contribution in [2.24, 2.45) is 10.9 Å². The zero-order chi connectivity index (χ0) is 13.7. The van der Waals surface area contributed by atoms with E-state index in [1.165, 1.54) is 0 Å². The number of aryl methyl sites for hydroxylation is 1. The third-order valence-electron chi connectivity index (χ3n) is 2.57. The third-order valence-corrected chi connectivity index (χ3v) is 2.57. The predicted molar refractivity (Wildman–Crippen MR) is 70.1 cm³/mol. The summed E-state index contributed by atoms with van der Waals surface area (Å²) < 4.78 is 5.64. The summed E-state index contributed by atoms with van der Waals surface area (Å²) in [6.45, 7) is 2.18. The second-order valence-corrected chi connectivity index (χ2v) is 3.92. The normalized spacial score (nSPS) is 11.3. The molecule has 0 saturated carbocycles. The first-order valence-electron chi connectivity index (χ1n) is 5.68. The summed E-state index contributed by atoms with van der Waals surface area (Å²) in [5, 5.41) is 11.6. The Kier molecular flexibility index (Phi) is 3.92. The largest absolute Gasteiger partial charge is 0.485 e. The lowest BCUT2D eigenvalue weighted by atomic mass is 10.1. The van der Waals surface area contributed by atoms with Crippen LogP contribution in [0.15, 0.2) is 41.8 Å². The number of hydrogen-bond acceptors (Lipinski definition) is 5. The van der Waals surface area contributed by atoms with Gasteiger partial charge in [0.15, 0.2) is 11.7 Å². The van der Waals surface area contributed by atoms with Crippen molar-refractivity contribution in [1.82, 2.24) is 9.97 Å². The van der Waals surface area contributed by atoms with Gasteiger partial charge in [0, 0.05) is 18.0 Å². The molecule has 19 heavy (non-hydrogen) atoms. The zero-order valence-corrected chi connectivity index (χ0v) is 10.4. The molecule has 6 heteroatoms. The Labute approximate surface area is 110 Å². The van der Waals surface area contributed by atoms with Gasteiger partial charge in [0.1, 0.15) is 12.4 Å². The molecule has 0 amide bonds. The number of amidine groups is 1. The van der Waals surface area contributed by atoms with Crippen molar-refractivity contribution in [2.45, 2.75) is 13.5 Å². The lowest BCUT2D eigenvalue weighted by Crippen LogP contribution is -2.13. The van der Waals surface area contributed by atoms with Gasteiger partial charge in [0.2, 0.25) is 0 Å². The minimum Gasteiger partial charge on any atom is -0.485 e. The average molecular weight is 258 g/mol. The molecule has 2 rings (SSSR count). The van der Waals surface area contributed by atoms with E-state index in [1.54, 1.807) is 30.6 Å². The fourth-order valence-corrected chi connectivity index (χ4v) is 1.52. The van der Waals surface area contributed by atoms with E-state index in [1.807, 2.05) is 13.0 Å². The van der Waals surface area contributed by atoms with Crippen LogP contribution >= 0.6 is 0 Å². The Morgan fingerprint density at radius 1 is 1.37 bits per heavy atom. The standard InChI is InChI=1S/C13H14N4O2/c1-9-3-4-10(13(14)17-18)7-11(9)19-8-12-15-5-2-6-16-12/h2-7,18H,8H2,1H3,(H2,14,17). The van der Waals surface area contributed by atoms with Crippen molar-refractivity contribution in [2.75, 3.05) is 0 Å². The summed E-state index contributed by atoms with van der Waals surface area (Å²) in [5.74, 6) is 1.29. The number of ether oxygens (including phenoxy) is 1. The highest BCUT2D eigenvalue weighted by atomic mass is 16.5. The Bertz CT molecular complexity index is 584. The summed E-state index contributed by atoms with van der Waals surface area (Å²) >= 11 is 0. The topological polar surface area (TPSA) is 93.6 Å². The van der Waals surface area contributed by atoms with Crippen molar-refractivity contribution in [3.8, 4) is 5.75 Å². The monoisotopic (exact) mass is 258 g/mol. The van der Waals surface area contributed by atoms with Crippen LogP contribution in [-0.2, 0) is 6.61 Å². The van der Waals surface area contributed by atoms with Gasteiger partial charge in [-0.2, -0.15) is 0 Å². The third kappa shape index (κ3) is 3.19. The highest BCUT2D eigenvalue weighted by Crippen LogP contribution is 2.20. The van der Waals surface area contributed by atoms with Crippen LogP contribution in [0.5, 0.6) is 5.75 Å². The molecule has 0 radical (unpaired) electrons. The number of hydrogen-bond donors (Lipinski definition) is 2. The van der Waals surface area contributed by atoms with Crippen LogP contribution in [0.1, 0.15) is 17.0 Å². The molecule has 1 aromatic heterocycles. The molecule has 3 N–H and O–H groups in total. The fraction of sp³-hybridized carbons (Fsp3) is 0.154. The average Bonchev–Trinajstić information content (AvgIpc) is 2.46. The van der Waals surface area contributed by atoms with Gasteiger partial charge >= 0.3 is 0 Å². The molecule has 0 aliphatic heterocycles. The summed E-state index contributed by atoms with van der Waals surface area (Å²) in [5.41, 5.74) is 7.08. The van der Waals surface area contributed by atoms with E-state index in [0.717, 1.165) is 5.56 Å². The molecule has 0 spiro atoms. The van der Waals surface area contributed by atoms with Crippen LogP contribution in [-0.4, -0.2) is 21.0 Å². The van der Waals surface area contributed by atoms with Crippen LogP contribution in [0.4, 0.5) is 0 Å². The van der Waals surface area contributed by atoms with Gasteiger partial charge in [-0.3, -0.25) is 0 Å². The number of nitrogens with zero attached hydrogens (tertiary/aromatic N) is 3. The molecule has 1 aromatic carbocycles. The SMILES string of the molecule is Cc1ccc(/C(N)=N/O)cc1OCc1ncccn1. The molecule has 6 nitrogen and oxygen atoms in total. The smallest absolute Gasteiger partial charge is 0.170 e. The van der Waals surface area contributed by atoms with E-state index in [4.69, 9.17) is 15.7 Å². The Morgan fingerprint density at radius 3 is 2.79 bits per heavy atom. The van der Waals surface area contributed by atoms with Crippen molar-refractivity contribution < 1.29 is 9.94 Å². The maximum absolute atomic E-state index is 8.66. The maximum atomic E-state index is 8.66. The second kappa shape index (κ2) is 5.81. The van der Waals surface area contributed by atoms with E-state index in [2.05, 4.69) is 15.1 Å². The predicted octanol–water partition coefficient (Wildman–Crippen LogP) is 1.46. The number of oxime groups is 1. The van der Waals surface area contributed by atoms with Crippen LogP contribution in [0.3, 0.4) is 0 Å². The van der Waals surface area contributed by atoms with Crippen molar-refractivity contribution in [3.63, 3.8) is 0 Å². The molecule has 0 atom stereocenters. The van der Waals surface area contributed by atoms with E-state index in [-0.39, 0.29) is 12.4 Å². The van der Waals surface area contributed by atoms with Gasteiger partial charge in [0.05, 0.1) is 0 Å². The molecule has 98 valence electrons. The minimum atomic E-state index is 0.0424. The van der Waals surface area contributed by atoms with Crippen LogP contribution in [0.25, 0.3) is 0 Å². The maximum Gasteiger partial charge on any atom is 0.170 e. The first kappa shape index (κ1) is 12.8. The van der Waals surface area contributed by atoms with Gasteiger partial charge in [-0.15, -0.1) is 0 Å². The minimum absolute atomic E-state index is 0.0424. The van der Waals surface area contributed by atoms with Crippen LogP contribution in [0.2, 0.25) is 0 Å². The summed E-state index contributed by atoms with van der Waals surface area (Å²) in [7, 11) is 0. The van der Waals surface area contributed by atoms with Crippen molar-refractivity contribution in [1.29, 1.82) is 0 Å². The Hall–Kier alpha value is -2.63. The highest BCUT2D eigenvalue weighted by molar-refractivity contribution is 5.97. The molecule has 0 unspecified atom stereocenters. The number of rotatable bonds is 4. The lowest BCUT2D eigenvalue weighted by Gasteiger charge is -2.09. The van der Waals surface area contributed by atoms with Gasteiger partial charge < -0.3 is 15.7 Å². The molecule has 2 aromatic rings. The summed E-state index contributed by atoms with van der Waals surface area (Å²) in [6.07, 6.45) is 3.32. The molecule has 1 heterocycles. The van der Waals surface area contributed by atoms with E-state index in [9.17, 15) is 0 Å². The Balaban J connectivity index is 2.16. The number of aromatic nitrogens is 2. The lowest BCUT2D eigenvalue weighted by molar-refractivity contribution is 0.293. The van der Waals surface area contributed by atoms with E-state index in [0.29, 0.717) is 17.1 Å². The number of nitrogens with two attached hydrogens (primary N) is 1. The van der Waals surface area contributed by atoms with E-state index < -0.39 is 0 Å². The first-order chi connectivity index (χ1) is 9.20. The molecule has 0 bridgehead atoms. The molecule has 0 saturated heterocycles. The van der Waals surface area contributed by atoms with Gasteiger partial charge in [-0.05, 0) is 24.6 Å². The summed E-state index contributed by atoms with van der Waals surface area (Å²) in [6, 6.07) is 7.06. The molecular weight excluding hydrogens is 244 g/mol. The highest BCUT2D eigenvalue weighted by Gasteiger charge is 2.06. The van der Waals surface area contributed by atoms with Crippen molar-refractivity contribution >= 4 is 5.84 Å². The van der Waals surface area contributed by atoms with Crippen LogP contribution < -0.4 is 10.5 Å². The quantitative estimate of drug-likeness (QED) is 0.375. The molecular formula is C13H14N4O2. The number of benzene rings is 1. The molecule has 0 aliphatic carbocycles. The molecule has 0 fully saturated rings.